The van der Waals surface area contributed by atoms with Gasteiger partial charge in [-0.05, 0) is 58.4 Å². The number of benzene rings is 3. The maximum atomic E-state index is 12.2. The molecule has 0 atom stereocenters. The summed E-state index contributed by atoms with van der Waals surface area (Å²) in [5.74, 6) is 1.49. The molecule has 3 rings (SSSR count). The molecule has 0 saturated heterocycles. The molecule has 0 saturated carbocycles. The van der Waals surface area contributed by atoms with Gasteiger partial charge in [0, 0.05) is 5.02 Å². The van der Waals surface area contributed by atoms with Gasteiger partial charge < -0.3 is 14.8 Å². The van der Waals surface area contributed by atoms with Crippen molar-refractivity contribution < 1.29 is 14.3 Å². The lowest BCUT2D eigenvalue weighted by Crippen LogP contribution is -2.20. The zero-order valence-electron chi connectivity index (χ0n) is 13.6. The van der Waals surface area contributed by atoms with E-state index in [2.05, 4.69) is 21.2 Å². The number of hydrogen-bond donors (Lipinski definition) is 1. The van der Waals surface area contributed by atoms with Crippen LogP contribution < -0.4 is 14.8 Å². The second kappa shape index (κ2) is 8.74. The molecule has 0 radical (unpaired) electrons. The third-order valence-corrected chi connectivity index (χ3v) is 4.24. The van der Waals surface area contributed by atoms with Crippen LogP contribution in [-0.2, 0) is 4.79 Å². The Morgan fingerprint density at radius 2 is 1.69 bits per heavy atom. The molecule has 0 unspecified atom stereocenters. The largest absolute Gasteiger partial charge is 0.483 e. The van der Waals surface area contributed by atoms with Gasteiger partial charge in [-0.15, -0.1) is 0 Å². The number of rotatable bonds is 6. The number of halogens is 2. The number of ether oxygens (including phenoxy) is 2. The summed E-state index contributed by atoms with van der Waals surface area (Å²) in [5, 5.41) is 3.39. The van der Waals surface area contributed by atoms with Crippen molar-refractivity contribution in [3.05, 3.63) is 82.3 Å². The molecular weight excluding hydrogens is 418 g/mol. The van der Waals surface area contributed by atoms with E-state index in [9.17, 15) is 4.79 Å². The fourth-order valence-electron chi connectivity index (χ4n) is 2.20. The van der Waals surface area contributed by atoms with Crippen molar-refractivity contribution in [2.75, 3.05) is 11.9 Å². The molecule has 1 amide bonds. The standard InChI is InChI=1S/C20H15BrClNO3/c21-16-12-14(22)10-11-18(16)25-13-20(24)23-17-8-4-5-9-19(17)26-15-6-2-1-3-7-15/h1-12H,13H2,(H,23,24). The number of para-hydroxylation sites is 3. The van der Waals surface area contributed by atoms with Crippen molar-refractivity contribution in [1.82, 2.24) is 0 Å². The number of amides is 1. The number of anilines is 1. The van der Waals surface area contributed by atoms with Crippen LogP contribution in [0.1, 0.15) is 0 Å². The number of hydrogen-bond acceptors (Lipinski definition) is 3. The molecule has 3 aromatic carbocycles. The molecule has 0 aliphatic carbocycles. The lowest BCUT2D eigenvalue weighted by Gasteiger charge is -2.13. The normalized spacial score (nSPS) is 10.2. The molecule has 3 aromatic rings. The molecule has 0 fully saturated rings. The van der Waals surface area contributed by atoms with Crippen LogP contribution in [0.3, 0.4) is 0 Å². The number of nitrogens with one attached hydrogen (secondary N) is 1. The van der Waals surface area contributed by atoms with Gasteiger partial charge in [-0.2, -0.15) is 0 Å². The van der Waals surface area contributed by atoms with Gasteiger partial charge in [0.25, 0.3) is 5.91 Å². The Kier molecular flexibility index (Phi) is 6.15. The molecule has 26 heavy (non-hydrogen) atoms. The van der Waals surface area contributed by atoms with Crippen LogP contribution in [-0.4, -0.2) is 12.5 Å². The zero-order valence-corrected chi connectivity index (χ0v) is 16.0. The van der Waals surface area contributed by atoms with E-state index in [1.54, 1.807) is 30.3 Å². The number of carbonyl (C=O) groups is 1. The maximum absolute atomic E-state index is 12.2. The minimum absolute atomic E-state index is 0.139. The smallest absolute Gasteiger partial charge is 0.262 e. The Morgan fingerprint density at radius 1 is 0.962 bits per heavy atom. The minimum atomic E-state index is -0.295. The SMILES string of the molecule is O=C(COc1ccc(Cl)cc1Br)Nc1ccccc1Oc1ccccc1. The van der Waals surface area contributed by atoms with Gasteiger partial charge in [0.2, 0.25) is 0 Å². The van der Waals surface area contributed by atoms with Crippen LogP contribution >= 0.6 is 27.5 Å². The van der Waals surface area contributed by atoms with Crippen LogP contribution in [0.5, 0.6) is 17.2 Å². The van der Waals surface area contributed by atoms with E-state index in [0.29, 0.717) is 32.4 Å². The highest BCUT2D eigenvalue weighted by atomic mass is 79.9. The monoisotopic (exact) mass is 431 g/mol. The fourth-order valence-corrected chi connectivity index (χ4v) is 2.99. The van der Waals surface area contributed by atoms with E-state index in [1.807, 2.05) is 42.5 Å². The summed E-state index contributed by atoms with van der Waals surface area (Å²) in [6.45, 7) is -0.139. The second-order valence-electron chi connectivity index (χ2n) is 5.32. The molecule has 0 heterocycles. The van der Waals surface area contributed by atoms with E-state index < -0.39 is 0 Å². The van der Waals surface area contributed by atoms with Crippen molar-refractivity contribution in [2.45, 2.75) is 0 Å². The van der Waals surface area contributed by atoms with E-state index >= 15 is 0 Å². The molecule has 0 aliphatic heterocycles. The van der Waals surface area contributed by atoms with Crippen molar-refractivity contribution >= 4 is 39.1 Å². The zero-order chi connectivity index (χ0) is 18.4. The Labute approximate surface area is 164 Å². The Hall–Kier alpha value is -2.50. The van der Waals surface area contributed by atoms with Crippen molar-refractivity contribution in [3.8, 4) is 17.2 Å². The minimum Gasteiger partial charge on any atom is -0.483 e. The van der Waals surface area contributed by atoms with Gasteiger partial charge in [-0.25, -0.2) is 0 Å². The third-order valence-electron chi connectivity index (χ3n) is 3.38. The van der Waals surface area contributed by atoms with Crippen LogP contribution in [0.25, 0.3) is 0 Å². The quantitative estimate of drug-likeness (QED) is 0.526. The van der Waals surface area contributed by atoms with Crippen LogP contribution in [0.15, 0.2) is 77.3 Å². The molecule has 0 aromatic heterocycles. The molecule has 132 valence electrons. The summed E-state index contributed by atoms with van der Waals surface area (Å²) in [4.78, 5) is 12.2. The highest BCUT2D eigenvalue weighted by Crippen LogP contribution is 2.30. The summed E-state index contributed by atoms with van der Waals surface area (Å²) in [6, 6.07) is 21.7. The maximum Gasteiger partial charge on any atom is 0.262 e. The average molecular weight is 433 g/mol. The summed E-state index contributed by atoms with van der Waals surface area (Å²) in [6.07, 6.45) is 0. The molecule has 1 N–H and O–H groups in total. The first-order chi connectivity index (χ1) is 12.6. The lowest BCUT2D eigenvalue weighted by atomic mass is 10.3. The third kappa shape index (κ3) is 5.00. The fraction of sp³-hybridized carbons (Fsp3) is 0.0500. The first-order valence-electron chi connectivity index (χ1n) is 7.81. The van der Waals surface area contributed by atoms with Gasteiger partial charge in [-0.3, -0.25) is 4.79 Å². The molecular formula is C20H15BrClNO3. The highest BCUT2D eigenvalue weighted by Gasteiger charge is 2.10. The van der Waals surface area contributed by atoms with Crippen LogP contribution in [0, 0.1) is 0 Å². The molecule has 4 nitrogen and oxygen atoms in total. The second-order valence-corrected chi connectivity index (χ2v) is 6.61. The van der Waals surface area contributed by atoms with Crippen molar-refractivity contribution in [2.24, 2.45) is 0 Å². The van der Waals surface area contributed by atoms with Crippen molar-refractivity contribution in [1.29, 1.82) is 0 Å². The number of carbonyl (C=O) groups excluding carboxylic acids is 1. The van der Waals surface area contributed by atoms with Crippen molar-refractivity contribution in [3.63, 3.8) is 0 Å². The summed E-state index contributed by atoms with van der Waals surface area (Å²) >= 11 is 9.24. The predicted octanol–water partition coefficient (Wildman–Crippen LogP) is 5.91. The first-order valence-corrected chi connectivity index (χ1v) is 8.98. The molecule has 0 spiro atoms. The predicted molar refractivity (Wildman–Crippen MR) is 106 cm³/mol. The average Bonchev–Trinajstić information content (AvgIpc) is 2.63. The first kappa shape index (κ1) is 18.3. The van der Waals surface area contributed by atoms with Gasteiger partial charge in [-0.1, -0.05) is 41.9 Å². The molecule has 6 heteroatoms. The van der Waals surface area contributed by atoms with Crippen LogP contribution in [0.2, 0.25) is 5.02 Å². The van der Waals surface area contributed by atoms with Crippen LogP contribution in [0.4, 0.5) is 5.69 Å². The van der Waals surface area contributed by atoms with Gasteiger partial charge in [0.05, 0.1) is 10.2 Å². The summed E-state index contributed by atoms with van der Waals surface area (Å²) in [7, 11) is 0. The van der Waals surface area contributed by atoms with E-state index in [-0.39, 0.29) is 12.5 Å². The van der Waals surface area contributed by atoms with Gasteiger partial charge in [0.15, 0.2) is 12.4 Å². The molecule has 0 bridgehead atoms. The Bertz CT molecular complexity index is 903. The van der Waals surface area contributed by atoms with E-state index in [4.69, 9.17) is 21.1 Å². The Balaban J connectivity index is 1.64. The lowest BCUT2D eigenvalue weighted by molar-refractivity contribution is -0.118. The summed E-state index contributed by atoms with van der Waals surface area (Å²) < 4.78 is 12.0. The topological polar surface area (TPSA) is 47.6 Å². The Morgan fingerprint density at radius 3 is 2.46 bits per heavy atom. The van der Waals surface area contributed by atoms with Gasteiger partial charge >= 0.3 is 0 Å². The summed E-state index contributed by atoms with van der Waals surface area (Å²) in [5.41, 5.74) is 0.570. The van der Waals surface area contributed by atoms with Gasteiger partial charge in [0.1, 0.15) is 11.5 Å². The van der Waals surface area contributed by atoms with E-state index in [0.717, 1.165) is 0 Å². The molecule has 0 aliphatic rings. The van der Waals surface area contributed by atoms with E-state index in [1.165, 1.54) is 0 Å². The highest BCUT2D eigenvalue weighted by molar-refractivity contribution is 9.10.